The number of halogens is 1. The molecule has 2 rings (SSSR count). The Bertz CT molecular complexity index is 396. The van der Waals surface area contributed by atoms with Gasteiger partial charge in [-0.05, 0) is 13.0 Å². The molecule has 2 aromatic heterocycles. The minimum atomic E-state index is 0.458. The van der Waals surface area contributed by atoms with Gasteiger partial charge in [0.1, 0.15) is 15.5 Å². The summed E-state index contributed by atoms with van der Waals surface area (Å²) < 4.78 is 0. The van der Waals surface area contributed by atoms with E-state index in [0.717, 1.165) is 10.3 Å². The molecule has 0 aliphatic heterocycles. The van der Waals surface area contributed by atoms with Crippen molar-refractivity contribution in [2.24, 2.45) is 0 Å². The zero-order chi connectivity index (χ0) is 7.84. The summed E-state index contributed by atoms with van der Waals surface area (Å²) >= 11 is 7.27. The fourth-order valence-electron chi connectivity index (χ4n) is 0.910. The number of fused-ring (bicyclic) bond motifs is 1. The van der Waals surface area contributed by atoms with Gasteiger partial charge in [-0.1, -0.05) is 11.6 Å². The van der Waals surface area contributed by atoms with E-state index in [2.05, 4.69) is 9.97 Å². The molecule has 0 aliphatic carbocycles. The normalized spacial score (nSPS) is 10.7. The summed E-state index contributed by atoms with van der Waals surface area (Å²) in [5.74, 6) is 0. The third-order valence-corrected chi connectivity index (χ3v) is 2.45. The zero-order valence-corrected chi connectivity index (χ0v) is 7.41. The largest absolute Gasteiger partial charge is 0.250 e. The standard InChI is InChI=1S/C7H5ClN2S/c1-4-2-5-7(11-4)10-6(8)3-9-5/h2-3H,1H3. The highest BCUT2D eigenvalue weighted by atomic mass is 35.5. The van der Waals surface area contributed by atoms with Crippen molar-refractivity contribution in [3.05, 3.63) is 22.3 Å². The van der Waals surface area contributed by atoms with Crippen LogP contribution in [-0.2, 0) is 0 Å². The number of aromatic nitrogens is 2. The Morgan fingerprint density at radius 3 is 3.18 bits per heavy atom. The van der Waals surface area contributed by atoms with Crippen LogP contribution in [0.25, 0.3) is 10.3 Å². The molecule has 0 amide bonds. The highest BCUT2D eigenvalue weighted by molar-refractivity contribution is 7.18. The number of aryl methyl sites for hydroxylation is 1. The van der Waals surface area contributed by atoms with Crippen LogP contribution in [0.5, 0.6) is 0 Å². The Morgan fingerprint density at radius 1 is 1.55 bits per heavy atom. The molecule has 11 heavy (non-hydrogen) atoms. The number of nitrogens with zero attached hydrogens (tertiary/aromatic N) is 2. The summed E-state index contributed by atoms with van der Waals surface area (Å²) in [6, 6.07) is 2.00. The zero-order valence-electron chi connectivity index (χ0n) is 5.84. The fourth-order valence-corrected chi connectivity index (χ4v) is 1.93. The van der Waals surface area contributed by atoms with Gasteiger partial charge in [0.05, 0.1) is 6.20 Å². The van der Waals surface area contributed by atoms with Crippen molar-refractivity contribution >= 4 is 33.3 Å². The summed E-state index contributed by atoms with van der Waals surface area (Å²) in [5.41, 5.74) is 0.928. The van der Waals surface area contributed by atoms with Crippen LogP contribution in [0.3, 0.4) is 0 Å². The monoisotopic (exact) mass is 184 g/mol. The topological polar surface area (TPSA) is 25.8 Å². The van der Waals surface area contributed by atoms with Gasteiger partial charge in [0.25, 0.3) is 0 Å². The third kappa shape index (κ3) is 1.21. The lowest BCUT2D eigenvalue weighted by molar-refractivity contribution is 1.31. The molecule has 0 aromatic carbocycles. The number of thiophene rings is 1. The van der Waals surface area contributed by atoms with E-state index in [1.807, 2.05) is 13.0 Å². The second kappa shape index (κ2) is 2.43. The van der Waals surface area contributed by atoms with Gasteiger partial charge in [-0.15, -0.1) is 11.3 Å². The van der Waals surface area contributed by atoms with Crippen molar-refractivity contribution in [3.63, 3.8) is 0 Å². The van der Waals surface area contributed by atoms with Crippen LogP contribution >= 0.6 is 22.9 Å². The Kier molecular flexibility index (Phi) is 1.55. The maximum atomic E-state index is 5.66. The Hall–Kier alpha value is -0.670. The van der Waals surface area contributed by atoms with E-state index in [1.54, 1.807) is 17.5 Å². The van der Waals surface area contributed by atoms with Gasteiger partial charge in [-0.2, -0.15) is 0 Å². The quantitative estimate of drug-likeness (QED) is 0.629. The molecule has 0 unspecified atom stereocenters. The van der Waals surface area contributed by atoms with Crippen LogP contribution in [0.2, 0.25) is 5.15 Å². The first-order valence-corrected chi connectivity index (χ1v) is 4.34. The highest BCUT2D eigenvalue weighted by Gasteiger charge is 2.00. The average molecular weight is 185 g/mol. The molecule has 0 saturated heterocycles. The average Bonchev–Trinajstić information content (AvgIpc) is 2.27. The molecule has 4 heteroatoms. The number of rotatable bonds is 0. The summed E-state index contributed by atoms with van der Waals surface area (Å²) in [7, 11) is 0. The van der Waals surface area contributed by atoms with Gasteiger partial charge in [0, 0.05) is 4.88 Å². The van der Waals surface area contributed by atoms with Gasteiger partial charge in [-0.3, -0.25) is 4.98 Å². The van der Waals surface area contributed by atoms with Crippen LogP contribution in [0, 0.1) is 6.92 Å². The Morgan fingerprint density at radius 2 is 2.36 bits per heavy atom. The van der Waals surface area contributed by atoms with Crippen molar-refractivity contribution in [2.45, 2.75) is 6.92 Å². The summed E-state index contributed by atoms with van der Waals surface area (Å²) in [6.07, 6.45) is 1.57. The van der Waals surface area contributed by atoms with E-state index in [4.69, 9.17) is 11.6 Å². The van der Waals surface area contributed by atoms with E-state index in [1.165, 1.54) is 4.88 Å². The summed E-state index contributed by atoms with van der Waals surface area (Å²) in [5, 5.41) is 0.458. The highest BCUT2D eigenvalue weighted by Crippen LogP contribution is 2.21. The summed E-state index contributed by atoms with van der Waals surface area (Å²) in [6.45, 7) is 2.03. The maximum absolute atomic E-state index is 5.66. The minimum absolute atomic E-state index is 0.458. The molecule has 0 bridgehead atoms. The molecule has 2 aromatic rings. The van der Waals surface area contributed by atoms with Crippen molar-refractivity contribution < 1.29 is 0 Å². The van der Waals surface area contributed by atoms with E-state index in [0.29, 0.717) is 5.15 Å². The smallest absolute Gasteiger partial charge is 0.149 e. The van der Waals surface area contributed by atoms with Gasteiger partial charge in [0.15, 0.2) is 0 Å². The van der Waals surface area contributed by atoms with Crippen LogP contribution in [0.4, 0.5) is 0 Å². The molecular weight excluding hydrogens is 180 g/mol. The molecule has 0 fully saturated rings. The van der Waals surface area contributed by atoms with Gasteiger partial charge >= 0.3 is 0 Å². The number of hydrogen-bond donors (Lipinski definition) is 0. The number of hydrogen-bond acceptors (Lipinski definition) is 3. The SMILES string of the molecule is Cc1cc2ncc(Cl)nc2s1. The van der Waals surface area contributed by atoms with Gasteiger partial charge in [0.2, 0.25) is 0 Å². The third-order valence-electron chi connectivity index (χ3n) is 1.34. The summed E-state index contributed by atoms with van der Waals surface area (Å²) in [4.78, 5) is 10.4. The fraction of sp³-hybridized carbons (Fsp3) is 0.143. The lowest BCUT2D eigenvalue weighted by Gasteiger charge is -1.86. The molecular formula is C7H5ClN2S. The first-order chi connectivity index (χ1) is 5.25. The molecule has 0 N–H and O–H groups in total. The van der Waals surface area contributed by atoms with Crippen molar-refractivity contribution in [1.82, 2.24) is 9.97 Å². The Balaban J connectivity index is 2.82. The van der Waals surface area contributed by atoms with E-state index < -0.39 is 0 Å². The van der Waals surface area contributed by atoms with E-state index in [9.17, 15) is 0 Å². The van der Waals surface area contributed by atoms with E-state index >= 15 is 0 Å². The lowest BCUT2D eigenvalue weighted by atomic mass is 10.5. The molecule has 56 valence electrons. The molecule has 0 aliphatic rings. The molecule has 0 radical (unpaired) electrons. The lowest BCUT2D eigenvalue weighted by Crippen LogP contribution is -1.76. The van der Waals surface area contributed by atoms with Crippen LogP contribution in [-0.4, -0.2) is 9.97 Å². The van der Waals surface area contributed by atoms with Gasteiger partial charge in [-0.25, -0.2) is 4.98 Å². The Labute approximate surface area is 72.9 Å². The van der Waals surface area contributed by atoms with Crippen molar-refractivity contribution in [2.75, 3.05) is 0 Å². The maximum Gasteiger partial charge on any atom is 0.149 e. The molecule has 0 saturated carbocycles. The molecule has 2 nitrogen and oxygen atoms in total. The minimum Gasteiger partial charge on any atom is -0.250 e. The second-order valence-electron chi connectivity index (χ2n) is 2.24. The van der Waals surface area contributed by atoms with Crippen molar-refractivity contribution in [1.29, 1.82) is 0 Å². The predicted octanol–water partition coefficient (Wildman–Crippen LogP) is 2.65. The molecule has 2 heterocycles. The molecule has 0 atom stereocenters. The first kappa shape index (κ1) is 7.00. The van der Waals surface area contributed by atoms with E-state index in [-0.39, 0.29) is 0 Å². The van der Waals surface area contributed by atoms with Crippen molar-refractivity contribution in [3.8, 4) is 0 Å². The van der Waals surface area contributed by atoms with Crippen LogP contribution in [0.15, 0.2) is 12.3 Å². The van der Waals surface area contributed by atoms with Crippen LogP contribution < -0.4 is 0 Å². The second-order valence-corrected chi connectivity index (χ2v) is 3.86. The molecule has 0 spiro atoms. The van der Waals surface area contributed by atoms with Gasteiger partial charge < -0.3 is 0 Å². The van der Waals surface area contributed by atoms with Crippen LogP contribution in [0.1, 0.15) is 4.88 Å². The predicted molar refractivity (Wildman–Crippen MR) is 47.2 cm³/mol. The first-order valence-electron chi connectivity index (χ1n) is 3.14.